The molecule has 106 valence electrons. The molecule has 0 aliphatic rings. The van der Waals surface area contributed by atoms with E-state index in [4.69, 9.17) is 9.47 Å². The zero-order valence-electron chi connectivity index (χ0n) is 11.3. The van der Waals surface area contributed by atoms with Crippen LogP contribution in [0.5, 0.6) is 5.75 Å². The number of carbonyl (C=O) groups excluding carboxylic acids is 1. The lowest BCUT2D eigenvalue weighted by Gasteiger charge is -2.13. The fourth-order valence-electron chi connectivity index (χ4n) is 1.42. The van der Waals surface area contributed by atoms with Crippen molar-refractivity contribution < 1.29 is 14.3 Å². The Kier molecular flexibility index (Phi) is 6.66. The first-order valence-electron chi connectivity index (χ1n) is 5.93. The number of benzene rings is 1. The summed E-state index contributed by atoms with van der Waals surface area (Å²) >= 11 is 3.37. The molecule has 1 aromatic carbocycles. The van der Waals surface area contributed by atoms with Gasteiger partial charge in [-0.15, -0.1) is 0 Å². The Morgan fingerprint density at radius 3 is 2.74 bits per heavy atom. The number of hydrogen-bond acceptors (Lipinski definition) is 3. The summed E-state index contributed by atoms with van der Waals surface area (Å²) in [6.07, 6.45) is -0.00651. The van der Waals surface area contributed by atoms with Crippen molar-refractivity contribution in [2.45, 2.75) is 19.6 Å². The highest BCUT2D eigenvalue weighted by Crippen LogP contribution is 2.23. The Hall–Kier alpha value is -1.27. The van der Waals surface area contributed by atoms with Gasteiger partial charge in [0.25, 0.3) is 0 Å². The molecule has 2 amide bonds. The number of hydrogen-bond donors (Lipinski definition) is 2. The lowest BCUT2D eigenvalue weighted by molar-refractivity contribution is 0.118. The molecule has 5 nitrogen and oxygen atoms in total. The van der Waals surface area contributed by atoms with Crippen LogP contribution in [0.15, 0.2) is 22.7 Å². The fourth-order valence-corrected chi connectivity index (χ4v) is 1.76. The van der Waals surface area contributed by atoms with Crippen molar-refractivity contribution in [2.24, 2.45) is 0 Å². The quantitative estimate of drug-likeness (QED) is 0.841. The second-order valence-electron chi connectivity index (χ2n) is 4.07. The maximum Gasteiger partial charge on any atom is 0.315 e. The SMILES string of the molecule is COc1cc(Br)ccc1CNC(=O)NCC(C)OC. The summed E-state index contributed by atoms with van der Waals surface area (Å²) in [5, 5.41) is 5.50. The number of rotatable bonds is 6. The van der Waals surface area contributed by atoms with Gasteiger partial charge in [-0.3, -0.25) is 0 Å². The van der Waals surface area contributed by atoms with Crippen LogP contribution < -0.4 is 15.4 Å². The van der Waals surface area contributed by atoms with Crippen LogP contribution in [0.4, 0.5) is 4.79 Å². The zero-order valence-corrected chi connectivity index (χ0v) is 12.9. The van der Waals surface area contributed by atoms with Crippen LogP contribution in [0.25, 0.3) is 0 Å². The second-order valence-corrected chi connectivity index (χ2v) is 4.98. The van der Waals surface area contributed by atoms with Gasteiger partial charge in [0.1, 0.15) is 5.75 Å². The van der Waals surface area contributed by atoms with E-state index in [1.807, 2.05) is 25.1 Å². The minimum Gasteiger partial charge on any atom is -0.496 e. The summed E-state index contributed by atoms with van der Waals surface area (Å²) in [6, 6.07) is 5.45. The van der Waals surface area contributed by atoms with Crippen molar-refractivity contribution in [1.29, 1.82) is 0 Å². The predicted octanol–water partition coefficient (Wildman–Crippen LogP) is 2.29. The molecule has 0 heterocycles. The average molecular weight is 331 g/mol. The monoisotopic (exact) mass is 330 g/mol. The third kappa shape index (κ3) is 5.48. The van der Waals surface area contributed by atoms with Crippen molar-refractivity contribution >= 4 is 22.0 Å². The van der Waals surface area contributed by atoms with Crippen LogP contribution in [-0.4, -0.2) is 32.9 Å². The molecular weight excluding hydrogens is 312 g/mol. The summed E-state index contributed by atoms with van der Waals surface area (Å²) in [6.45, 7) is 2.77. The van der Waals surface area contributed by atoms with Crippen molar-refractivity contribution in [3.05, 3.63) is 28.2 Å². The van der Waals surface area contributed by atoms with Gasteiger partial charge in [0.15, 0.2) is 0 Å². The molecule has 19 heavy (non-hydrogen) atoms. The van der Waals surface area contributed by atoms with Crippen molar-refractivity contribution in [3.63, 3.8) is 0 Å². The number of methoxy groups -OCH3 is 2. The first kappa shape index (κ1) is 15.8. The van der Waals surface area contributed by atoms with E-state index in [1.165, 1.54) is 0 Å². The average Bonchev–Trinajstić information content (AvgIpc) is 2.43. The topological polar surface area (TPSA) is 59.6 Å². The summed E-state index contributed by atoms with van der Waals surface area (Å²) < 4.78 is 11.2. The molecule has 0 radical (unpaired) electrons. The van der Waals surface area contributed by atoms with Crippen molar-refractivity contribution in [1.82, 2.24) is 10.6 Å². The van der Waals surface area contributed by atoms with Crippen molar-refractivity contribution in [2.75, 3.05) is 20.8 Å². The number of ether oxygens (including phenoxy) is 2. The molecule has 0 aromatic heterocycles. The highest BCUT2D eigenvalue weighted by Gasteiger charge is 2.07. The summed E-state index contributed by atoms with van der Waals surface area (Å²) in [5.41, 5.74) is 0.917. The molecule has 0 fully saturated rings. The minimum atomic E-state index is -0.228. The van der Waals surface area contributed by atoms with Gasteiger partial charge in [-0.25, -0.2) is 4.79 Å². The van der Waals surface area contributed by atoms with Crippen molar-refractivity contribution in [3.8, 4) is 5.75 Å². The van der Waals surface area contributed by atoms with Crippen LogP contribution in [0, 0.1) is 0 Å². The summed E-state index contributed by atoms with van der Waals surface area (Å²) in [5.74, 6) is 0.736. The van der Waals surface area contributed by atoms with Crippen LogP contribution in [-0.2, 0) is 11.3 Å². The largest absolute Gasteiger partial charge is 0.496 e. The molecule has 2 N–H and O–H groups in total. The standard InChI is InChI=1S/C13H19BrN2O3/c1-9(18-2)7-15-13(17)16-8-10-4-5-11(14)6-12(10)19-3/h4-6,9H,7-8H2,1-3H3,(H2,15,16,17). The van der Waals surface area contributed by atoms with Gasteiger partial charge in [0, 0.05) is 30.2 Å². The van der Waals surface area contributed by atoms with Gasteiger partial charge >= 0.3 is 6.03 Å². The molecule has 0 spiro atoms. The predicted molar refractivity (Wildman–Crippen MR) is 77.4 cm³/mol. The maximum atomic E-state index is 11.6. The van der Waals surface area contributed by atoms with Gasteiger partial charge < -0.3 is 20.1 Å². The van der Waals surface area contributed by atoms with Gasteiger partial charge in [-0.1, -0.05) is 22.0 Å². The Balaban J connectivity index is 2.46. The van der Waals surface area contributed by atoms with E-state index in [-0.39, 0.29) is 12.1 Å². The Morgan fingerprint density at radius 2 is 2.11 bits per heavy atom. The molecule has 0 saturated carbocycles. The Bertz CT molecular complexity index is 426. The molecule has 0 aliphatic carbocycles. The number of nitrogens with one attached hydrogen (secondary N) is 2. The van der Waals surface area contributed by atoms with Crippen LogP contribution in [0.2, 0.25) is 0 Å². The highest BCUT2D eigenvalue weighted by atomic mass is 79.9. The molecule has 1 unspecified atom stereocenters. The van der Waals surface area contributed by atoms with E-state index < -0.39 is 0 Å². The molecule has 1 aromatic rings. The van der Waals surface area contributed by atoms with Gasteiger partial charge in [-0.2, -0.15) is 0 Å². The first-order chi connectivity index (χ1) is 9.06. The molecule has 1 rings (SSSR count). The number of halogens is 1. The van der Waals surface area contributed by atoms with Gasteiger partial charge in [0.2, 0.25) is 0 Å². The Labute approximate surface area is 121 Å². The third-order valence-corrected chi connectivity index (χ3v) is 3.13. The van der Waals surface area contributed by atoms with E-state index in [1.54, 1.807) is 14.2 Å². The molecule has 0 bridgehead atoms. The number of amides is 2. The van der Waals surface area contributed by atoms with E-state index in [9.17, 15) is 4.79 Å². The Morgan fingerprint density at radius 1 is 1.37 bits per heavy atom. The molecule has 0 saturated heterocycles. The van der Waals surface area contributed by atoms with Crippen LogP contribution in [0.1, 0.15) is 12.5 Å². The zero-order chi connectivity index (χ0) is 14.3. The lowest BCUT2D eigenvalue weighted by Crippen LogP contribution is -2.39. The second kappa shape index (κ2) is 8.01. The minimum absolute atomic E-state index is 0.00651. The summed E-state index contributed by atoms with van der Waals surface area (Å²) in [4.78, 5) is 11.6. The van der Waals surface area contributed by atoms with E-state index in [2.05, 4.69) is 26.6 Å². The number of carbonyl (C=O) groups is 1. The van der Waals surface area contributed by atoms with Gasteiger partial charge in [0.05, 0.1) is 13.2 Å². The van der Waals surface area contributed by atoms with Gasteiger partial charge in [-0.05, 0) is 19.1 Å². The fraction of sp³-hybridized carbons (Fsp3) is 0.462. The van der Waals surface area contributed by atoms with E-state index in [0.717, 1.165) is 15.8 Å². The highest BCUT2D eigenvalue weighted by molar-refractivity contribution is 9.10. The number of urea groups is 1. The van der Waals surface area contributed by atoms with Crippen LogP contribution >= 0.6 is 15.9 Å². The normalized spacial score (nSPS) is 11.8. The van der Waals surface area contributed by atoms with E-state index in [0.29, 0.717) is 13.1 Å². The summed E-state index contributed by atoms with van der Waals surface area (Å²) in [7, 11) is 3.21. The smallest absolute Gasteiger partial charge is 0.315 e. The van der Waals surface area contributed by atoms with Crippen LogP contribution in [0.3, 0.4) is 0 Å². The van der Waals surface area contributed by atoms with E-state index >= 15 is 0 Å². The molecular formula is C13H19BrN2O3. The third-order valence-electron chi connectivity index (χ3n) is 2.64. The molecule has 0 aliphatic heterocycles. The molecule has 1 atom stereocenters. The lowest BCUT2D eigenvalue weighted by atomic mass is 10.2. The first-order valence-corrected chi connectivity index (χ1v) is 6.73. The maximum absolute atomic E-state index is 11.6. The molecule has 6 heteroatoms.